The van der Waals surface area contributed by atoms with E-state index in [1.165, 1.54) is 28.4 Å². The van der Waals surface area contributed by atoms with Crippen LogP contribution < -0.4 is 5.73 Å². The molecule has 1 amide bonds. The highest BCUT2D eigenvalue weighted by Gasteiger charge is 2.30. The molecule has 0 atom stereocenters. The summed E-state index contributed by atoms with van der Waals surface area (Å²) in [6, 6.07) is 3.38. The molecule has 0 saturated carbocycles. The Morgan fingerprint density at radius 1 is 1.29 bits per heavy atom. The fourth-order valence-electron chi connectivity index (χ4n) is 2.06. The Hall–Kier alpha value is -1.87. The van der Waals surface area contributed by atoms with Crippen LogP contribution in [0.2, 0.25) is 0 Å². The van der Waals surface area contributed by atoms with Crippen molar-refractivity contribution < 1.29 is 22.3 Å². The van der Waals surface area contributed by atoms with Gasteiger partial charge in [-0.1, -0.05) is 0 Å². The lowest BCUT2D eigenvalue weighted by Gasteiger charge is -2.33. The van der Waals surface area contributed by atoms with Gasteiger partial charge in [0.15, 0.2) is 0 Å². The zero-order valence-corrected chi connectivity index (χ0v) is 12.3. The maximum absolute atomic E-state index is 13.4. The van der Waals surface area contributed by atoms with Crippen LogP contribution in [0.3, 0.4) is 0 Å². The van der Waals surface area contributed by atoms with Gasteiger partial charge in [0.2, 0.25) is 10.0 Å². The number of rotatable bonds is 2. The average molecular weight is 317 g/mol. The Balaban J connectivity index is 2.14. The first-order chi connectivity index (χ1) is 9.86. The SMILES string of the molecule is COC(=O)N1CCN(S(=O)(=O)c2ccc(N)c(F)c2)CC1. The van der Waals surface area contributed by atoms with Crippen molar-refractivity contribution in [2.45, 2.75) is 4.90 Å². The Labute approximate surface area is 122 Å². The van der Waals surface area contributed by atoms with Crippen molar-refractivity contribution in [1.29, 1.82) is 0 Å². The topological polar surface area (TPSA) is 92.9 Å². The number of piperazine rings is 1. The molecule has 0 radical (unpaired) electrons. The normalized spacial score (nSPS) is 16.8. The van der Waals surface area contributed by atoms with E-state index in [-0.39, 0.29) is 36.8 Å². The first kappa shape index (κ1) is 15.5. The van der Waals surface area contributed by atoms with Gasteiger partial charge in [0.25, 0.3) is 0 Å². The number of nitrogen functional groups attached to an aromatic ring is 1. The summed E-state index contributed by atoms with van der Waals surface area (Å²) in [5.74, 6) is -0.774. The highest BCUT2D eigenvalue weighted by atomic mass is 32.2. The van der Waals surface area contributed by atoms with Gasteiger partial charge in [-0.25, -0.2) is 17.6 Å². The van der Waals surface area contributed by atoms with E-state index in [1.807, 2.05) is 0 Å². The second-order valence-corrected chi connectivity index (χ2v) is 6.48. The Morgan fingerprint density at radius 3 is 2.43 bits per heavy atom. The molecule has 1 aliphatic heterocycles. The molecule has 2 rings (SSSR count). The lowest BCUT2D eigenvalue weighted by molar-refractivity contribution is 0.108. The average Bonchev–Trinajstić information content (AvgIpc) is 2.49. The number of hydrogen-bond donors (Lipinski definition) is 1. The molecular weight excluding hydrogens is 301 g/mol. The molecule has 116 valence electrons. The molecule has 1 aromatic rings. The molecule has 21 heavy (non-hydrogen) atoms. The minimum Gasteiger partial charge on any atom is -0.453 e. The van der Waals surface area contributed by atoms with Crippen LogP contribution in [0.25, 0.3) is 0 Å². The number of nitrogens with zero attached hydrogens (tertiary/aromatic N) is 2. The van der Waals surface area contributed by atoms with E-state index in [2.05, 4.69) is 4.74 Å². The predicted octanol–water partition coefficient (Wildman–Crippen LogP) is 0.481. The van der Waals surface area contributed by atoms with Gasteiger partial charge in [-0.3, -0.25) is 0 Å². The van der Waals surface area contributed by atoms with E-state index in [9.17, 15) is 17.6 Å². The number of hydrogen-bond acceptors (Lipinski definition) is 5. The van der Waals surface area contributed by atoms with Crippen molar-refractivity contribution in [2.24, 2.45) is 0 Å². The minimum atomic E-state index is -3.80. The number of amides is 1. The van der Waals surface area contributed by atoms with Gasteiger partial charge >= 0.3 is 6.09 Å². The molecule has 9 heteroatoms. The van der Waals surface area contributed by atoms with Crippen LogP contribution in [0.4, 0.5) is 14.9 Å². The van der Waals surface area contributed by atoms with Gasteiger partial charge in [0.1, 0.15) is 5.82 Å². The van der Waals surface area contributed by atoms with Crippen molar-refractivity contribution in [3.63, 3.8) is 0 Å². The molecule has 1 heterocycles. The summed E-state index contributed by atoms with van der Waals surface area (Å²) in [4.78, 5) is 12.6. The van der Waals surface area contributed by atoms with Gasteiger partial charge in [-0.05, 0) is 18.2 Å². The van der Waals surface area contributed by atoms with Gasteiger partial charge in [0, 0.05) is 26.2 Å². The van der Waals surface area contributed by atoms with Gasteiger partial charge in [-0.2, -0.15) is 4.31 Å². The molecule has 1 aromatic carbocycles. The number of halogens is 1. The summed E-state index contributed by atoms with van der Waals surface area (Å²) in [6.07, 6.45) is -0.495. The summed E-state index contributed by atoms with van der Waals surface area (Å²) >= 11 is 0. The lowest BCUT2D eigenvalue weighted by atomic mass is 10.3. The lowest BCUT2D eigenvalue weighted by Crippen LogP contribution is -2.50. The van der Waals surface area contributed by atoms with Crippen LogP contribution in [-0.2, 0) is 14.8 Å². The Kier molecular flexibility index (Phi) is 4.33. The number of anilines is 1. The zero-order chi connectivity index (χ0) is 15.6. The fraction of sp³-hybridized carbons (Fsp3) is 0.417. The van der Waals surface area contributed by atoms with Crippen LogP contribution in [-0.4, -0.2) is 57.0 Å². The van der Waals surface area contributed by atoms with Crippen LogP contribution in [0, 0.1) is 5.82 Å². The number of carbonyl (C=O) groups is 1. The maximum atomic E-state index is 13.4. The maximum Gasteiger partial charge on any atom is 0.409 e. The predicted molar refractivity (Wildman–Crippen MR) is 73.5 cm³/mol. The number of sulfonamides is 1. The van der Waals surface area contributed by atoms with Crippen molar-refractivity contribution in [2.75, 3.05) is 39.0 Å². The summed E-state index contributed by atoms with van der Waals surface area (Å²) < 4.78 is 44.0. The van der Waals surface area contributed by atoms with E-state index in [4.69, 9.17) is 5.73 Å². The zero-order valence-electron chi connectivity index (χ0n) is 11.5. The molecule has 1 fully saturated rings. The Morgan fingerprint density at radius 2 is 1.90 bits per heavy atom. The molecule has 0 aliphatic carbocycles. The fourth-order valence-corrected chi connectivity index (χ4v) is 3.49. The van der Waals surface area contributed by atoms with Crippen LogP contribution >= 0.6 is 0 Å². The number of benzene rings is 1. The standard InChI is InChI=1S/C12H16FN3O4S/c1-20-12(17)15-4-6-16(7-5-15)21(18,19)9-2-3-11(14)10(13)8-9/h2-3,8H,4-7,14H2,1H3. The second kappa shape index (κ2) is 5.86. The molecule has 0 aromatic heterocycles. The third-order valence-electron chi connectivity index (χ3n) is 3.28. The smallest absolute Gasteiger partial charge is 0.409 e. The van der Waals surface area contributed by atoms with Crippen LogP contribution in [0.5, 0.6) is 0 Å². The van der Waals surface area contributed by atoms with E-state index < -0.39 is 21.9 Å². The van der Waals surface area contributed by atoms with Gasteiger partial charge in [0.05, 0.1) is 17.7 Å². The number of methoxy groups -OCH3 is 1. The van der Waals surface area contributed by atoms with Crippen molar-refractivity contribution in [3.05, 3.63) is 24.0 Å². The van der Waals surface area contributed by atoms with Gasteiger partial charge < -0.3 is 15.4 Å². The molecular formula is C12H16FN3O4S. The number of nitrogens with two attached hydrogens (primary N) is 1. The molecule has 1 saturated heterocycles. The Bertz CT molecular complexity index is 642. The monoisotopic (exact) mass is 317 g/mol. The highest BCUT2D eigenvalue weighted by Crippen LogP contribution is 2.21. The van der Waals surface area contributed by atoms with E-state index in [0.29, 0.717) is 0 Å². The third-order valence-corrected chi connectivity index (χ3v) is 5.18. The minimum absolute atomic E-state index is 0.107. The van der Waals surface area contributed by atoms with E-state index in [1.54, 1.807) is 0 Å². The van der Waals surface area contributed by atoms with Crippen molar-refractivity contribution >= 4 is 21.8 Å². The van der Waals surface area contributed by atoms with Crippen molar-refractivity contribution in [3.8, 4) is 0 Å². The first-order valence-corrected chi connectivity index (χ1v) is 7.68. The largest absolute Gasteiger partial charge is 0.453 e. The molecule has 1 aliphatic rings. The quantitative estimate of drug-likeness (QED) is 0.801. The first-order valence-electron chi connectivity index (χ1n) is 6.24. The molecule has 0 spiro atoms. The van der Waals surface area contributed by atoms with Gasteiger partial charge in [-0.15, -0.1) is 0 Å². The second-order valence-electron chi connectivity index (χ2n) is 4.54. The summed E-state index contributed by atoms with van der Waals surface area (Å²) in [6.45, 7) is 0.708. The van der Waals surface area contributed by atoms with Crippen molar-refractivity contribution in [1.82, 2.24) is 9.21 Å². The molecule has 0 unspecified atom stereocenters. The van der Waals surface area contributed by atoms with E-state index in [0.717, 1.165) is 6.07 Å². The summed E-state index contributed by atoms with van der Waals surface area (Å²) in [7, 11) is -2.53. The third kappa shape index (κ3) is 3.08. The summed E-state index contributed by atoms with van der Waals surface area (Å²) in [5, 5.41) is 0. The molecule has 2 N–H and O–H groups in total. The highest BCUT2D eigenvalue weighted by molar-refractivity contribution is 7.89. The van der Waals surface area contributed by atoms with Crippen LogP contribution in [0.15, 0.2) is 23.1 Å². The molecule has 0 bridgehead atoms. The number of carbonyl (C=O) groups excluding carboxylic acids is 1. The van der Waals surface area contributed by atoms with Crippen LogP contribution in [0.1, 0.15) is 0 Å². The summed E-state index contributed by atoms with van der Waals surface area (Å²) in [5.41, 5.74) is 5.23. The number of ether oxygens (including phenoxy) is 1. The molecule has 7 nitrogen and oxygen atoms in total. The van der Waals surface area contributed by atoms with E-state index >= 15 is 0 Å².